The van der Waals surface area contributed by atoms with Gasteiger partial charge in [0.15, 0.2) is 0 Å². The van der Waals surface area contributed by atoms with Crippen molar-refractivity contribution in [3.8, 4) is 11.1 Å². The molecule has 2 aliphatic rings. The highest BCUT2D eigenvalue weighted by atomic mass is 32.2. The molecule has 0 bridgehead atoms. The van der Waals surface area contributed by atoms with Gasteiger partial charge in [-0.1, -0.05) is 18.2 Å². The van der Waals surface area contributed by atoms with Crippen LogP contribution in [0.4, 0.5) is 4.39 Å². The van der Waals surface area contributed by atoms with Crippen LogP contribution in [-0.2, 0) is 15.3 Å². The van der Waals surface area contributed by atoms with Crippen LogP contribution in [0.15, 0.2) is 59.9 Å². The fourth-order valence-corrected chi connectivity index (χ4v) is 4.26. The van der Waals surface area contributed by atoms with Gasteiger partial charge in [0.05, 0.1) is 0 Å². The van der Waals surface area contributed by atoms with E-state index in [4.69, 9.17) is 9.47 Å². The molecule has 2 aromatic rings. The summed E-state index contributed by atoms with van der Waals surface area (Å²) >= 11 is 1.70. The Morgan fingerprint density at radius 2 is 1.73 bits per heavy atom. The molecule has 2 heterocycles. The molecule has 4 rings (SSSR count). The molecule has 0 unspecified atom stereocenters. The van der Waals surface area contributed by atoms with Crippen LogP contribution in [0, 0.1) is 11.7 Å². The fourth-order valence-electron chi connectivity index (χ4n) is 3.85. The largest absolute Gasteiger partial charge is 0.452 e. The van der Waals surface area contributed by atoms with E-state index >= 15 is 0 Å². The summed E-state index contributed by atoms with van der Waals surface area (Å²) < 4.78 is 26.3. The molecule has 0 saturated carbocycles. The van der Waals surface area contributed by atoms with E-state index < -0.39 is 5.79 Å². The molecule has 1 saturated heterocycles. The number of halogens is 1. The number of rotatable bonds is 4. The Morgan fingerprint density at radius 3 is 2.38 bits per heavy atom. The van der Waals surface area contributed by atoms with Crippen molar-refractivity contribution in [2.45, 2.75) is 23.5 Å². The lowest BCUT2D eigenvalue weighted by molar-refractivity contribution is -0.196. The summed E-state index contributed by atoms with van der Waals surface area (Å²) in [5, 5.41) is 3.37. The van der Waals surface area contributed by atoms with Crippen molar-refractivity contribution in [2.24, 2.45) is 5.92 Å². The molecule has 2 aliphatic heterocycles. The zero-order valence-corrected chi connectivity index (χ0v) is 15.5. The predicted molar refractivity (Wildman–Crippen MR) is 102 cm³/mol. The molecule has 5 heteroatoms. The van der Waals surface area contributed by atoms with E-state index in [0.717, 1.165) is 42.6 Å². The summed E-state index contributed by atoms with van der Waals surface area (Å²) in [5.41, 5.74) is 2.73. The van der Waals surface area contributed by atoms with Crippen LogP contribution in [-0.4, -0.2) is 19.3 Å². The predicted octanol–water partition coefficient (Wildman–Crippen LogP) is 4.89. The summed E-state index contributed by atoms with van der Waals surface area (Å²) in [6.45, 7) is 1.82. The quantitative estimate of drug-likeness (QED) is 0.776. The molecule has 26 heavy (non-hydrogen) atoms. The first-order valence-electron chi connectivity index (χ1n) is 8.89. The first kappa shape index (κ1) is 17.4. The number of hydrogen-bond donors (Lipinski definition) is 1. The number of ether oxygens (including phenoxy) is 2. The summed E-state index contributed by atoms with van der Waals surface area (Å²) in [6.07, 6.45) is 7.05. The molecule has 0 spiro atoms. The topological polar surface area (TPSA) is 30.5 Å². The average Bonchev–Trinajstić information content (AvgIpc) is 3.20. The number of nitrogens with one attached hydrogen (secondary N) is 1. The van der Waals surface area contributed by atoms with Crippen LogP contribution in [0.2, 0.25) is 0 Å². The van der Waals surface area contributed by atoms with Crippen LogP contribution in [0.25, 0.3) is 11.1 Å². The summed E-state index contributed by atoms with van der Waals surface area (Å²) in [6, 6.07) is 13.2. The third kappa shape index (κ3) is 3.10. The second-order valence-corrected chi connectivity index (χ2v) is 7.50. The van der Waals surface area contributed by atoms with E-state index in [1.54, 1.807) is 30.4 Å². The molecule has 0 aliphatic carbocycles. The summed E-state index contributed by atoms with van der Waals surface area (Å²) in [7, 11) is 0. The van der Waals surface area contributed by atoms with Crippen LogP contribution >= 0.6 is 11.8 Å². The van der Waals surface area contributed by atoms with Crippen molar-refractivity contribution in [3.63, 3.8) is 0 Å². The second-order valence-electron chi connectivity index (χ2n) is 6.62. The Labute approximate surface area is 157 Å². The zero-order chi connectivity index (χ0) is 18.0. The Bertz CT molecular complexity index is 792. The van der Waals surface area contributed by atoms with Crippen LogP contribution in [0.3, 0.4) is 0 Å². The van der Waals surface area contributed by atoms with Crippen molar-refractivity contribution in [1.29, 1.82) is 0 Å². The zero-order valence-electron chi connectivity index (χ0n) is 14.7. The first-order chi connectivity index (χ1) is 12.7. The van der Waals surface area contributed by atoms with Crippen molar-refractivity contribution in [2.75, 3.05) is 19.3 Å². The Kier molecular flexibility index (Phi) is 4.92. The number of benzene rings is 2. The number of piperidine rings is 1. The maximum Gasteiger partial charge on any atom is 0.280 e. The van der Waals surface area contributed by atoms with E-state index in [-0.39, 0.29) is 11.7 Å². The molecule has 0 radical (unpaired) electrons. The van der Waals surface area contributed by atoms with Crippen molar-refractivity contribution in [3.05, 3.63) is 66.4 Å². The van der Waals surface area contributed by atoms with Gasteiger partial charge < -0.3 is 14.8 Å². The van der Waals surface area contributed by atoms with Gasteiger partial charge in [-0.15, -0.1) is 11.8 Å². The van der Waals surface area contributed by atoms with Gasteiger partial charge >= 0.3 is 0 Å². The molecular weight excluding hydrogens is 349 g/mol. The van der Waals surface area contributed by atoms with E-state index in [2.05, 4.69) is 35.8 Å². The lowest BCUT2D eigenvalue weighted by atomic mass is 9.81. The molecule has 136 valence electrons. The van der Waals surface area contributed by atoms with Gasteiger partial charge in [-0.05, 0) is 67.6 Å². The molecule has 0 amide bonds. The maximum absolute atomic E-state index is 14.2. The smallest absolute Gasteiger partial charge is 0.280 e. The summed E-state index contributed by atoms with van der Waals surface area (Å²) in [5.74, 6) is -1.08. The van der Waals surface area contributed by atoms with Gasteiger partial charge in [0.25, 0.3) is 5.79 Å². The normalized spacial score (nSPS) is 19.2. The Hall–Kier alpha value is -1.98. The first-order valence-corrected chi connectivity index (χ1v) is 10.1. The molecule has 2 aromatic carbocycles. The molecule has 1 fully saturated rings. The highest BCUT2D eigenvalue weighted by molar-refractivity contribution is 7.98. The van der Waals surface area contributed by atoms with Crippen LogP contribution in [0.5, 0.6) is 0 Å². The van der Waals surface area contributed by atoms with E-state index in [9.17, 15) is 4.39 Å². The maximum atomic E-state index is 14.2. The highest BCUT2D eigenvalue weighted by Gasteiger charge is 2.48. The lowest BCUT2D eigenvalue weighted by Crippen LogP contribution is -2.43. The monoisotopic (exact) mass is 371 g/mol. The minimum absolute atomic E-state index is 0.157. The average molecular weight is 371 g/mol. The van der Waals surface area contributed by atoms with E-state index in [0.29, 0.717) is 0 Å². The third-order valence-electron chi connectivity index (χ3n) is 5.18. The molecule has 0 atom stereocenters. The SMILES string of the molecule is CSc1ccc(-c2ccc(F)cc2C2(C3CCNCC3)OC=CO2)cc1. The third-order valence-corrected chi connectivity index (χ3v) is 5.92. The van der Waals surface area contributed by atoms with E-state index in [1.807, 2.05) is 6.07 Å². The van der Waals surface area contributed by atoms with Gasteiger partial charge in [0, 0.05) is 16.4 Å². The van der Waals surface area contributed by atoms with Crippen molar-refractivity contribution >= 4 is 11.8 Å². The van der Waals surface area contributed by atoms with E-state index in [1.165, 1.54) is 11.0 Å². The summed E-state index contributed by atoms with van der Waals surface area (Å²) in [4.78, 5) is 1.19. The number of thioether (sulfide) groups is 1. The lowest BCUT2D eigenvalue weighted by Gasteiger charge is -2.39. The molecule has 1 N–H and O–H groups in total. The van der Waals surface area contributed by atoms with Gasteiger partial charge in [-0.3, -0.25) is 0 Å². The van der Waals surface area contributed by atoms with Gasteiger partial charge in [0.2, 0.25) is 0 Å². The highest BCUT2D eigenvalue weighted by Crippen LogP contribution is 2.46. The van der Waals surface area contributed by atoms with Crippen molar-refractivity contribution < 1.29 is 13.9 Å². The van der Waals surface area contributed by atoms with Crippen molar-refractivity contribution in [1.82, 2.24) is 5.32 Å². The fraction of sp³-hybridized carbons (Fsp3) is 0.333. The minimum atomic E-state index is -0.961. The molecular formula is C21H22FNO2S. The standard InChI is InChI=1S/C21H22FNO2S/c1-26-18-5-2-15(3-6-18)19-7-4-17(22)14-20(19)21(24-12-13-25-21)16-8-10-23-11-9-16/h2-7,12-14,16,23H,8-11H2,1H3. The Morgan fingerprint density at radius 1 is 1.04 bits per heavy atom. The molecule has 3 nitrogen and oxygen atoms in total. The Balaban J connectivity index is 1.81. The van der Waals surface area contributed by atoms with Gasteiger partial charge in [-0.2, -0.15) is 0 Å². The van der Waals surface area contributed by atoms with Crippen LogP contribution in [0.1, 0.15) is 18.4 Å². The second kappa shape index (κ2) is 7.33. The minimum Gasteiger partial charge on any atom is -0.452 e. The number of hydrogen-bond acceptors (Lipinski definition) is 4. The van der Waals surface area contributed by atoms with Gasteiger partial charge in [-0.25, -0.2) is 4.39 Å². The molecule has 0 aromatic heterocycles. The van der Waals surface area contributed by atoms with Crippen LogP contribution < -0.4 is 5.32 Å². The van der Waals surface area contributed by atoms with Gasteiger partial charge in [0.1, 0.15) is 18.3 Å².